The molecule has 0 spiro atoms. The van der Waals surface area contributed by atoms with Gasteiger partial charge >= 0.3 is 5.63 Å². The Morgan fingerprint density at radius 2 is 1.93 bits per heavy atom. The number of likely N-dealkylation sites (N-methyl/N-ethyl adjacent to an activating group) is 1. The van der Waals surface area contributed by atoms with Crippen LogP contribution in [0.5, 0.6) is 5.75 Å². The summed E-state index contributed by atoms with van der Waals surface area (Å²) < 4.78 is 10.9. The number of ether oxygens (including phenoxy) is 1. The highest BCUT2D eigenvalue weighted by atomic mass is 16.5. The topological polar surface area (TPSA) is 54.7 Å². The van der Waals surface area contributed by atoms with Gasteiger partial charge in [0.1, 0.15) is 11.3 Å². The van der Waals surface area contributed by atoms with E-state index in [2.05, 4.69) is 43.4 Å². The maximum absolute atomic E-state index is 12.0. The van der Waals surface area contributed by atoms with E-state index in [1.165, 1.54) is 0 Å². The minimum Gasteiger partial charge on any atom is -0.496 e. The van der Waals surface area contributed by atoms with E-state index in [0.29, 0.717) is 12.1 Å². The summed E-state index contributed by atoms with van der Waals surface area (Å²) in [6, 6.07) is 15.9. The predicted octanol–water partition coefficient (Wildman–Crippen LogP) is 3.76. The lowest BCUT2D eigenvalue weighted by atomic mass is 10.0. The zero-order valence-electron chi connectivity index (χ0n) is 17.0. The molecule has 1 N–H and O–H groups in total. The van der Waals surface area contributed by atoms with Crippen molar-refractivity contribution in [3.8, 4) is 5.75 Å². The van der Waals surface area contributed by atoms with Crippen LogP contribution in [-0.4, -0.2) is 32.6 Å². The first-order chi connectivity index (χ1) is 13.5. The van der Waals surface area contributed by atoms with E-state index >= 15 is 0 Å². The number of hydrogen-bond acceptors (Lipinski definition) is 5. The number of benzene rings is 2. The van der Waals surface area contributed by atoms with Crippen molar-refractivity contribution in [2.45, 2.75) is 25.9 Å². The molecule has 0 fully saturated rings. The molecule has 0 radical (unpaired) electrons. The average molecular weight is 380 g/mol. The molecule has 0 amide bonds. The van der Waals surface area contributed by atoms with Crippen molar-refractivity contribution in [1.29, 1.82) is 0 Å². The summed E-state index contributed by atoms with van der Waals surface area (Å²) in [7, 11) is 5.80. The van der Waals surface area contributed by atoms with Gasteiger partial charge in [0.15, 0.2) is 0 Å². The van der Waals surface area contributed by atoms with E-state index < -0.39 is 0 Å². The van der Waals surface area contributed by atoms with Crippen molar-refractivity contribution in [3.05, 3.63) is 75.6 Å². The number of hydrogen-bond donors (Lipinski definition) is 1. The van der Waals surface area contributed by atoms with Crippen LogP contribution in [0.15, 0.2) is 57.7 Å². The van der Waals surface area contributed by atoms with Gasteiger partial charge in [-0.05, 0) is 43.8 Å². The molecule has 0 aliphatic heterocycles. The molecule has 2 aromatic carbocycles. The summed E-state index contributed by atoms with van der Waals surface area (Å²) in [5, 5.41) is 4.48. The second kappa shape index (κ2) is 9.04. The molecule has 0 saturated heterocycles. The molecule has 3 aromatic rings. The summed E-state index contributed by atoms with van der Waals surface area (Å²) in [5.74, 6) is 0.876. The van der Waals surface area contributed by atoms with E-state index in [4.69, 9.17) is 9.15 Å². The van der Waals surface area contributed by atoms with E-state index in [0.717, 1.165) is 40.8 Å². The fourth-order valence-corrected chi connectivity index (χ4v) is 3.50. The summed E-state index contributed by atoms with van der Waals surface area (Å²) in [6.45, 7) is 3.40. The molecule has 0 unspecified atom stereocenters. The number of rotatable bonds is 8. The first-order valence-corrected chi connectivity index (χ1v) is 9.59. The summed E-state index contributed by atoms with van der Waals surface area (Å²) in [6.07, 6.45) is 0.908. The summed E-state index contributed by atoms with van der Waals surface area (Å²) >= 11 is 0. The molecule has 1 heterocycles. The van der Waals surface area contributed by atoms with Crippen LogP contribution in [0.1, 0.15) is 29.7 Å². The van der Waals surface area contributed by atoms with Gasteiger partial charge in [-0.25, -0.2) is 4.79 Å². The molecule has 0 saturated carbocycles. The number of fused-ring (bicyclic) bond motifs is 1. The number of nitrogens with one attached hydrogen (secondary N) is 1. The molecule has 3 rings (SSSR count). The Hall–Kier alpha value is -2.63. The van der Waals surface area contributed by atoms with Crippen LogP contribution in [0.3, 0.4) is 0 Å². The number of methoxy groups -OCH3 is 1. The Labute approximate surface area is 165 Å². The van der Waals surface area contributed by atoms with Crippen LogP contribution < -0.4 is 15.7 Å². The average Bonchev–Trinajstić information content (AvgIpc) is 2.70. The molecule has 1 aromatic heterocycles. The van der Waals surface area contributed by atoms with Crippen molar-refractivity contribution in [2.75, 3.05) is 27.7 Å². The Morgan fingerprint density at radius 1 is 1.14 bits per heavy atom. The van der Waals surface area contributed by atoms with E-state index in [-0.39, 0.29) is 11.7 Å². The molecule has 28 heavy (non-hydrogen) atoms. The largest absolute Gasteiger partial charge is 0.496 e. The fraction of sp³-hybridized carbons (Fsp3) is 0.348. The van der Waals surface area contributed by atoms with Crippen molar-refractivity contribution in [1.82, 2.24) is 10.2 Å². The minimum atomic E-state index is -0.313. The van der Waals surface area contributed by atoms with Crippen molar-refractivity contribution in [2.24, 2.45) is 0 Å². The zero-order chi connectivity index (χ0) is 20.1. The van der Waals surface area contributed by atoms with Gasteiger partial charge in [-0.1, -0.05) is 37.3 Å². The van der Waals surface area contributed by atoms with Gasteiger partial charge < -0.3 is 19.4 Å². The van der Waals surface area contributed by atoms with E-state index in [1.54, 1.807) is 13.2 Å². The summed E-state index contributed by atoms with van der Waals surface area (Å²) in [4.78, 5) is 14.2. The first kappa shape index (κ1) is 20.1. The molecule has 0 aliphatic carbocycles. The minimum absolute atomic E-state index is 0.147. The van der Waals surface area contributed by atoms with Crippen LogP contribution in [-0.2, 0) is 13.0 Å². The number of para-hydroxylation sites is 1. The van der Waals surface area contributed by atoms with Crippen molar-refractivity contribution in [3.63, 3.8) is 0 Å². The van der Waals surface area contributed by atoms with Crippen molar-refractivity contribution < 1.29 is 9.15 Å². The third-order valence-corrected chi connectivity index (χ3v) is 5.08. The lowest BCUT2D eigenvalue weighted by Gasteiger charge is -2.26. The highest BCUT2D eigenvalue weighted by molar-refractivity contribution is 5.80. The SMILES string of the molecule is CCc1ccc2c(CNC[C@H](c3ccccc3OC)N(C)C)cc(=O)oc2c1. The third-order valence-electron chi connectivity index (χ3n) is 5.08. The Balaban J connectivity index is 1.80. The summed E-state index contributed by atoms with van der Waals surface area (Å²) in [5.41, 5.74) is 3.58. The van der Waals surface area contributed by atoms with Gasteiger partial charge in [-0.2, -0.15) is 0 Å². The second-order valence-electron chi connectivity index (χ2n) is 7.13. The van der Waals surface area contributed by atoms with Crippen LogP contribution in [0.2, 0.25) is 0 Å². The molecule has 5 nitrogen and oxygen atoms in total. The standard InChI is InChI=1S/C23H28N2O3/c1-5-16-10-11-18-17(13-23(26)28-22(18)12-16)14-24-15-20(25(2)3)19-8-6-7-9-21(19)27-4/h6-13,20,24H,5,14-15H2,1-4H3/t20-/m1/s1. The van der Waals surface area contributed by atoms with Gasteiger partial charge in [0.25, 0.3) is 0 Å². The Morgan fingerprint density at radius 3 is 2.64 bits per heavy atom. The highest BCUT2D eigenvalue weighted by Gasteiger charge is 2.18. The Kier molecular flexibility index (Phi) is 6.49. The number of nitrogens with zero attached hydrogens (tertiary/aromatic N) is 1. The monoisotopic (exact) mass is 380 g/mol. The van der Waals surface area contributed by atoms with Crippen molar-refractivity contribution >= 4 is 11.0 Å². The van der Waals surface area contributed by atoms with Crippen LogP contribution >= 0.6 is 0 Å². The third kappa shape index (κ3) is 4.43. The first-order valence-electron chi connectivity index (χ1n) is 9.59. The Bertz CT molecular complexity index is 995. The van der Waals surface area contributed by atoms with Crippen LogP contribution in [0, 0.1) is 0 Å². The molecule has 0 aliphatic rings. The van der Waals surface area contributed by atoms with Gasteiger partial charge in [0.05, 0.1) is 13.2 Å². The van der Waals surface area contributed by atoms with Gasteiger partial charge in [0.2, 0.25) is 0 Å². The van der Waals surface area contributed by atoms with Crippen LogP contribution in [0.4, 0.5) is 0 Å². The maximum atomic E-state index is 12.0. The second-order valence-corrected chi connectivity index (χ2v) is 7.13. The van der Waals surface area contributed by atoms with Crippen LogP contribution in [0.25, 0.3) is 11.0 Å². The maximum Gasteiger partial charge on any atom is 0.336 e. The van der Waals surface area contributed by atoms with Gasteiger partial charge in [-0.15, -0.1) is 0 Å². The van der Waals surface area contributed by atoms with Gasteiger partial charge in [0, 0.05) is 30.1 Å². The molecule has 5 heteroatoms. The molecular formula is C23H28N2O3. The predicted molar refractivity (Wildman–Crippen MR) is 113 cm³/mol. The zero-order valence-corrected chi connectivity index (χ0v) is 17.0. The molecule has 148 valence electrons. The lowest BCUT2D eigenvalue weighted by Crippen LogP contribution is -2.31. The highest BCUT2D eigenvalue weighted by Crippen LogP contribution is 2.27. The normalized spacial score (nSPS) is 12.5. The quantitative estimate of drug-likeness (QED) is 0.603. The van der Waals surface area contributed by atoms with E-state index in [1.807, 2.05) is 30.3 Å². The fourth-order valence-electron chi connectivity index (χ4n) is 3.50. The van der Waals surface area contributed by atoms with E-state index in [9.17, 15) is 4.79 Å². The number of aryl methyl sites for hydroxylation is 1. The smallest absolute Gasteiger partial charge is 0.336 e. The van der Waals surface area contributed by atoms with Gasteiger partial charge in [-0.3, -0.25) is 0 Å². The lowest BCUT2D eigenvalue weighted by molar-refractivity contribution is 0.279. The molecule has 1 atom stereocenters. The molecular weight excluding hydrogens is 352 g/mol. The molecule has 0 bridgehead atoms.